The van der Waals surface area contributed by atoms with Gasteiger partial charge in [0.2, 0.25) is 5.79 Å². The van der Waals surface area contributed by atoms with E-state index in [-0.39, 0.29) is 6.29 Å². The Hall–Kier alpha value is -0.650. The lowest BCUT2D eigenvalue weighted by Gasteiger charge is -2.27. The summed E-state index contributed by atoms with van der Waals surface area (Å²) in [6, 6.07) is 0. The van der Waals surface area contributed by atoms with Crippen LogP contribution in [0.5, 0.6) is 0 Å². The maximum absolute atomic E-state index is 10.7. The van der Waals surface area contributed by atoms with Gasteiger partial charge in [-0.1, -0.05) is 0 Å². The highest BCUT2D eigenvalue weighted by molar-refractivity contribution is 5.66. The lowest BCUT2D eigenvalue weighted by molar-refractivity contribution is -0.459. The molecule has 5 nitrogen and oxygen atoms in total. The Morgan fingerprint density at radius 2 is 2.13 bits per heavy atom. The van der Waals surface area contributed by atoms with Gasteiger partial charge >= 0.3 is 5.97 Å². The molecule has 1 unspecified atom stereocenters. The summed E-state index contributed by atoms with van der Waals surface area (Å²) in [4.78, 5) is 20.8. The van der Waals surface area contributed by atoms with Gasteiger partial charge < -0.3 is 9.47 Å². The molecular weight excluding hydrogens is 200 g/mol. The Morgan fingerprint density at radius 1 is 1.40 bits per heavy atom. The summed E-state index contributed by atoms with van der Waals surface area (Å²) in [6.07, 6.45) is 2.55. The van der Waals surface area contributed by atoms with E-state index in [4.69, 9.17) is 19.2 Å². The average molecular weight is 218 g/mol. The molecule has 0 N–H and O–H groups in total. The lowest BCUT2D eigenvalue weighted by Crippen LogP contribution is -2.34. The summed E-state index contributed by atoms with van der Waals surface area (Å²) in [5.41, 5.74) is 0. The first kappa shape index (κ1) is 12.4. The Morgan fingerprint density at radius 3 is 2.67 bits per heavy atom. The Labute approximate surface area is 89.6 Å². The zero-order chi connectivity index (χ0) is 11.3. The van der Waals surface area contributed by atoms with Gasteiger partial charge in [-0.3, -0.25) is 4.79 Å². The van der Waals surface area contributed by atoms with Crippen LogP contribution >= 0.6 is 0 Å². The third-order valence-corrected chi connectivity index (χ3v) is 1.88. The summed E-state index contributed by atoms with van der Waals surface area (Å²) in [6.45, 7) is 5.22. The molecule has 1 atom stereocenters. The molecule has 0 aromatic carbocycles. The van der Waals surface area contributed by atoms with Crippen LogP contribution in [0, 0.1) is 0 Å². The fourth-order valence-electron chi connectivity index (χ4n) is 1.32. The first-order valence-electron chi connectivity index (χ1n) is 5.15. The van der Waals surface area contributed by atoms with Gasteiger partial charge in [0.1, 0.15) is 0 Å². The van der Waals surface area contributed by atoms with E-state index in [0.717, 1.165) is 19.3 Å². The van der Waals surface area contributed by atoms with Gasteiger partial charge in [0.05, 0.1) is 0 Å². The van der Waals surface area contributed by atoms with E-state index in [1.54, 1.807) is 13.8 Å². The number of carbonyl (C=O) groups excluding carboxylic acids is 1. The molecule has 0 amide bonds. The van der Waals surface area contributed by atoms with Gasteiger partial charge in [-0.25, -0.2) is 4.89 Å². The van der Waals surface area contributed by atoms with Gasteiger partial charge in [-0.2, -0.15) is 4.89 Å². The normalized spacial score (nSPS) is 22.5. The molecule has 88 valence electrons. The zero-order valence-corrected chi connectivity index (χ0v) is 9.45. The highest BCUT2D eigenvalue weighted by Crippen LogP contribution is 2.18. The second-order valence-electron chi connectivity index (χ2n) is 3.97. The van der Waals surface area contributed by atoms with E-state index in [1.165, 1.54) is 6.92 Å². The second-order valence-corrected chi connectivity index (χ2v) is 3.97. The molecular formula is C10H18O5. The van der Waals surface area contributed by atoms with E-state index in [2.05, 4.69) is 0 Å². The van der Waals surface area contributed by atoms with E-state index in [1.807, 2.05) is 0 Å². The number of rotatable bonds is 4. The van der Waals surface area contributed by atoms with Crippen molar-refractivity contribution in [2.75, 3.05) is 6.61 Å². The molecule has 1 aliphatic heterocycles. The molecule has 0 aromatic heterocycles. The van der Waals surface area contributed by atoms with Crippen LogP contribution in [0.3, 0.4) is 0 Å². The zero-order valence-electron chi connectivity index (χ0n) is 9.45. The first-order chi connectivity index (χ1) is 6.99. The number of carbonyl (C=O) groups is 1. The summed E-state index contributed by atoms with van der Waals surface area (Å²) >= 11 is 0. The fourth-order valence-corrected chi connectivity index (χ4v) is 1.32. The molecule has 0 bridgehead atoms. The van der Waals surface area contributed by atoms with E-state index in [0.29, 0.717) is 6.61 Å². The number of hydrogen-bond donors (Lipinski definition) is 0. The predicted molar refractivity (Wildman–Crippen MR) is 51.6 cm³/mol. The summed E-state index contributed by atoms with van der Waals surface area (Å²) in [5.74, 6) is -1.49. The summed E-state index contributed by atoms with van der Waals surface area (Å²) in [5, 5.41) is 0. The molecule has 1 heterocycles. The minimum atomic E-state index is -1.08. The highest BCUT2D eigenvalue weighted by Gasteiger charge is 2.26. The van der Waals surface area contributed by atoms with Crippen LogP contribution in [-0.2, 0) is 24.0 Å². The molecule has 0 saturated carbocycles. The summed E-state index contributed by atoms with van der Waals surface area (Å²) < 4.78 is 10.2. The van der Waals surface area contributed by atoms with Crippen LogP contribution in [0.1, 0.15) is 40.0 Å². The van der Waals surface area contributed by atoms with Crippen molar-refractivity contribution in [3.05, 3.63) is 0 Å². The topological polar surface area (TPSA) is 54.0 Å². The maximum atomic E-state index is 10.7. The molecule has 1 rings (SSSR count). The predicted octanol–water partition coefficient (Wildman–Crippen LogP) is 1.76. The standard InChI is InChI=1S/C10H18O5/c1-8(11)13-10(2,3)15-14-9-6-4-5-7-12-9/h9H,4-7H2,1-3H3. The Bertz CT molecular complexity index is 208. The number of ether oxygens (including phenoxy) is 2. The lowest BCUT2D eigenvalue weighted by atomic mass is 10.2. The minimum absolute atomic E-state index is 0.353. The maximum Gasteiger partial charge on any atom is 0.305 e. The van der Waals surface area contributed by atoms with Crippen LogP contribution in [0.15, 0.2) is 0 Å². The first-order valence-corrected chi connectivity index (χ1v) is 5.15. The van der Waals surface area contributed by atoms with Gasteiger partial charge in [-0.15, -0.1) is 0 Å². The Kier molecular flexibility index (Phi) is 4.50. The van der Waals surface area contributed by atoms with Crippen molar-refractivity contribution in [3.63, 3.8) is 0 Å². The summed E-state index contributed by atoms with van der Waals surface area (Å²) in [7, 11) is 0. The molecule has 0 aliphatic carbocycles. The quantitative estimate of drug-likeness (QED) is 0.311. The van der Waals surface area contributed by atoms with Crippen LogP contribution in [0.4, 0.5) is 0 Å². The smallest absolute Gasteiger partial charge is 0.305 e. The molecule has 0 spiro atoms. The fraction of sp³-hybridized carbons (Fsp3) is 0.900. The third kappa shape index (κ3) is 5.11. The largest absolute Gasteiger partial charge is 0.431 e. The molecule has 0 radical (unpaired) electrons. The monoisotopic (exact) mass is 218 g/mol. The van der Waals surface area contributed by atoms with Gasteiger partial charge in [0.15, 0.2) is 6.29 Å². The van der Waals surface area contributed by atoms with Crippen molar-refractivity contribution in [1.82, 2.24) is 0 Å². The van der Waals surface area contributed by atoms with Crippen molar-refractivity contribution >= 4 is 5.97 Å². The van der Waals surface area contributed by atoms with Gasteiger partial charge in [0.25, 0.3) is 0 Å². The van der Waals surface area contributed by atoms with Crippen LogP contribution in [0.2, 0.25) is 0 Å². The third-order valence-electron chi connectivity index (χ3n) is 1.88. The minimum Gasteiger partial charge on any atom is -0.431 e. The molecule has 1 fully saturated rings. The van der Waals surface area contributed by atoms with Crippen molar-refractivity contribution in [2.24, 2.45) is 0 Å². The van der Waals surface area contributed by atoms with Gasteiger partial charge in [0, 0.05) is 33.8 Å². The van der Waals surface area contributed by atoms with Crippen molar-refractivity contribution in [1.29, 1.82) is 0 Å². The van der Waals surface area contributed by atoms with Crippen molar-refractivity contribution in [3.8, 4) is 0 Å². The molecule has 0 aromatic rings. The SMILES string of the molecule is CC(=O)OC(C)(C)OOC1CCCCO1. The average Bonchev–Trinajstić information content (AvgIpc) is 2.15. The number of esters is 1. The second kappa shape index (κ2) is 5.44. The Balaban J connectivity index is 2.24. The van der Waals surface area contributed by atoms with Crippen molar-refractivity contribution in [2.45, 2.75) is 52.1 Å². The molecule has 1 saturated heterocycles. The molecule has 5 heteroatoms. The molecule has 1 aliphatic rings. The van der Waals surface area contributed by atoms with E-state index < -0.39 is 11.8 Å². The number of hydrogen-bond acceptors (Lipinski definition) is 5. The van der Waals surface area contributed by atoms with E-state index in [9.17, 15) is 4.79 Å². The van der Waals surface area contributed by atoms with Gasteiger partial charge in [-0.05, 0) is 12.8 Å². The van der Waals surface area contributed by atoms with E-state index >= 15 is 0 Å². The van der Waals surface area contributed by atoms with Crippen molar-refractivity contribution < 1.29 is 24.0 Å². The van der Waals surface area contributed by atoms with Crippen LogP contribution < -0.4 is 0 Å². The molecule has 15 heavy (non-hydrogen) atoms. The van der Waals surface area contributed by atoms with Crippen LogP contribution in [-0.4, -0.2) is 24.7 Å². The highest BCUT2D eigenvalue weighted by atomic mass is 17.3. The van der Waals surface area contributed by atoms with Crippen LogP contribution in [0.25, 0.3) is 0 Å².